The van der Waals surface area contributed by atoms with Crippen LogP contribution in [0.15, 0.2) is 0 Å². The maximum Gasteiger partial charge on any atom is 1.00 e. The van der Waals surface area contributed by atoms with Gasteiger partial charge in [0.25, 0.3) is 0 Å². The third kappa shape index (κ3) is 5160. The molecule has 2 N–H and O–H groups in total. The van der Waals surface area contributed by atoms with Crippen LogP contribution in [0.3, 0.4) is 0 Å². The summed E-state index contributed by atoms with van der Waals surface area (Å²) in [5.74, 6) is 0. The van der Waals surface area contributed by atoms with Crippen molar-refractivity contribution in [2.75, 3.05) is 0 Å². The third-order valence-electron chi connectivity index (χ3n) is 0. The molecule has 0 rings (SSSR count). The van der Waals surface area contributed by atoms with E-state index >= 15 is 0 Å². The van der Waals surface area contributed by atoms with E-state index in [2.05, 4.69) is 0 Å². The van der Waals surface area contributed by atoms with E-state index in [1.165, 1.54) is 0 Å². The topological polar surface area (TPSA) is 109 Å². The summed E-state index contributed by atoms with van der Waals surface area (Å²) >= 11 is 0. The van der Waals surface area contributed by atoms with Crippen molar-refractivity contribution in [1.29, 1.82) is 0 Å². The van der Waals surface area contributed by atoms with Crippen LogP contribution in [0, 0.1) is 0 Å². The van der Waals surface area contributed by atoms with Crippen molar-refractivity contribution in [3.63, 3.8) is 0 Å². The molecule has 0 unspecified atom stereocenters. The van der Waals surface area contributed by atoms with Gasteiger partial charge in [0.15, 0.2) is 0 Å². The largest absolute Gasteiger partial charge is 1.00 e. The summed E-state index contributed by atoms with van der Waals surface area (Å²) in [7, 11) is -4.67. The number of rotatable bonds is 0. The van der Waals surface area contributed by atoms with Crippen LogP contribution in [-0.2, 0) is 20.0 Å². The van der Waals surface area contributed by atoms with Crippen molar-refractivity contribution < 1.29 is 58.1 Å². The van der Waals surface area contributed by atoms with Gasteiger partial charge >= 0.3 is 46.1 Å². The van der Waals surface area contributed by atoms with Crippen molar-refractivity contribution in [3.8, 4) is 0 Å². The van der Waals surface area contributed by atoms with E-state index in [4.69, 9.17) is 27.1 Å². The maximum atomic E-state index is 8.74. The smallest absolute Gasteiger partial charge is 1.00 e. The molecular weight excluding hydrogens is 163 g/mol. The van der Waals surface area contributed by atoms with E-state index in [0.717, 1.165) is 0 Å². The van der Waals surface area contributed by atoms with Crippen LogP contribution in [0.5, 0.6) is 0 Å². The molecular formula is CH3NaO6S. The minimum absolute atomic E-state index is 0. The van der Waals surface area contributed by atoms with Crippen LogP contribution in [0.1, 0.15) is 1.43 Å². The average molecular weight is 166 g/mol. The summed E-state index contributed by atoms with van der Waals surface area (Å²) in [6.45, 7) is 0. The normalized spacial score (nSPS) is 7.33. The zero-order valence-electron chi connectivity index (χ0n) is 5.44. The predicted octanol–water partition coefficient (Wildman–Crippen LogP) is -4.12. The van der Waals surface area contributed by atoms with Crippen LogP contribution in [0.2, 0.25) is 0 Å². The summed E-state index contributed by atoms with van der Waals surface area (Å²) in [5, 5.41) is 0. The molecule has 0 aromatic carbocycles. The van der Waals surface area contributed by atoms with Gasteiger partial charge in [-0.05, 0) is 0 Å². The van der Waals surface area contributed by atoms with Crippen molar-refractivity contribution in [1.82, 2.24) is 0 Å². The quantitative estimate of drug-likeness (QED) is 0.279. The second-order valence-corrected chi connectivity index (χ2v) is 1.43. The molecule has 0 atom stereocenters. The van der Waals surface area contributed by atoms with Gasteiger partial charge in [0.2, 0.25) is 0 Å². The molecule has 0 spiro atoms. The summed E-state index contributed by atoms with van der Waals surface area (Å²) in [6, 6.07) is 0. The number of carbonyl (C=O) groups excluding carboxylic acids is 2. The molecule has 6 nitrogen and oxygen atoms in total. The Morgan fingerprint density at radius 2 is 1.22 bits per heavy atom. The Labute approximate surface area is 74.6 Å². The van der Waals surface area contributed by atoms with Gasteiger partial charge in [0, 0.05) is 0 Å². The molecule has 9 heavy (non-hydrogen) atoms. The van der Waals surface area contributed by atoms with Gasteiger partial charge in [-0.15, -0.1) is 0 Å². The molecule has 0 aliphatic rings. The SMILES string of the molecule is O=C=O.O=S(=O)(O)O.[H-].[Na+]. The molecule has 0 bridgehead atoms. The summed E-state index contributed by atoms with van der Waals surface area (Å²) < 4.78 is 31.6. The van der Waals surface area contributed by atoms with Gasteiger partial charge < -0.3 is 1.43 Å². The molecule has 0 radical (unpaired) electrons. The van der Waals surface area contributed by atoms with Gasteiger partial charge in [-0.3, -0.25) is 9.11 Å². The summed E-state index contributed by atoms with van der Waals surface area (Å²) in [5.41, 5.74) is 0. The predicted molar refractivity (Wildman–Crippen MR) is 20.3 cm³/mol. The number of hydrogen-bond acceptors (Lipinski definition) is 4. The van der Waals surface area contributed by atoms with Crippen LogP contribution in [0.4, 0.5) is 0 Å². The fourth-order valence-corrected chi connectivity index (χ4v) is 0. The van der Waals surface area contributed by atoms with E-state index < -0.39 is 10.4 Å². The van der Waals surface area contributed by atoms with Gasteiger partial charge in [0.05, 0.1) is 0 Å². The van der Waals surface area contributed by atoms with Crippen molar-refractivity contribution in [2.24, 2.45) is 0 Å². The van der Waals surface area contributed by atoms with Crippen LogP contribution >= 0.6 is 0 Å². The Kier molecular flexibility index (Phi) is 14.8. The first kappa shape index (κ1) is 16.1. The molecule has 50 valence electrons. The van der Waals surface area contributed by atoms with Crippen LogP contribution in [0.25, 0.3) is 0 Å². The minimum atomic E-state index is -4.67. The number of hydrogen-bond donors (Lipinski definition) is 2. The Bertz CT molecular complexity index is 158. The Hall–Kier alpha value is 0.250. The van der Waals surface area contributed by atoms with Crippen LogP contribution in [-0.4, -0.2) is 23.7 Å². The molecule has 0 heterocycles. The Balaban J connectivity index is -0.0000000326. The molecule has 0 saturated carbocycles. The summed E-state index contributed by atoms with van der Waals surface area (Å²) in [6.07, 6.45) is 0.250. The second-order valence-electron chi connectivity index (χ2n) is 0.531. The maximum absolute atomic E-state index is 8.74. The third-order valence-corrected chi connectivity index (χ3v) is 0. The van der Waals surface area contributed by atoms with E-state index in [9.17, 15) is 0 Å². The van der Waals surface area contributed by atoms with Crippen molar-refractivity contribution in [2.45, 2.75) is 0 Å². The molecule has 0 aromatic rings. The molecule has 0 aromatic heterocycles. The fourth-order valence-electron chi connectivity index (χ4n) is 0. The average Bonchev–Trinajstić information content (AvgIpc) is 1.27. The first-order chi connectivity index (χ1) is 3.41. The van der Waals surface area contributed by atoms with E-state index in [1.54, 1.807) is 0 Å². The van der Waals surface area contributed by atoms with Crippen molar-refractivity contribution >= 4 is 16.6 Å². The minimum Gasteiger partial charge on any atom is -1.00 e. The van der Waals surface area contributed by atoms with Gasteiger partial charge in [-0.1, -0.05) is 0 Å². The fraction of sp³-hybridized carbons (Fsp3) is 0. The zero-order chi connectivity index (χ0) is 7.21. The Morgan fingerprint density at radius 3 is 1.22 bits per heavy atom. The molecule has 0 saturated heterocycles. The van der Waals surface area contributed by atoms with E-state index in [1.807, 2.05) is 0 Å². The molecule has 0 aliphatic heterocycles. The van der Waals surface area contributed by atoms with Crippen molar-refractivity contribution in [3.05, 3.63) is 0 Å². The zero-order valence-corrected chi connectivity index (χ0v) is 7.25. The monoisotopic (exact) mass is 166 g/mol. The second kappa shape index (κ2) is 8.25. The summed E-state index contributed by atoms with van der Waals surface area (Å²) in [4.78, 5) is 16.2. The van der Waals surface area contributed by atoms with E-state index in [0.29, 0.717) is 0 Å². The molecule has 0 fully saturated rings. The Morgan fingerprint density at radius 1 is 1.22 bits per heavy atom. The molecule has 0 amide bonds. The van der Waals surface area contributed by atoms with E-state index in [-0.39, 0.29) is 37.1 Å². The first-order valence-electron chi connectivity index (χ1n) is 1.11. The molecule has 8 heteroatoms. The molecule has 0 aliphatic carbocycles. The first-order valence-corrected chi connectivity index (χ1v) is 2.50. The van der Waals surface area contributed by atoms with Gasteiger partial charge in [-0.25, -0.2) is 0 Å². The van der Waals surface area contributed by atoms with Gasteiger partial charge in [-0.2, -0.15) is 18.0 Å². The van der Waals surface area contributed by atoms with Crippen LogP contribution < -0.4 is 29.6 Å². The standard InChI is InChI=1S/CO2.Na.H2O4S.H/c2-1-3;;1-5(2,3)4;/h;;(H2,1,2,3,4);/q;+1;;-1. The van der Waals surface area contributed by atoms with Gasteiger partial charge in [0.1, 0.15) is 0 Å².